The Labute approximate surface area is 137 Å². The van der Waals surface area contributed by atoms with Gasteiger partial charge in [0.15, 0.2) is 0 Å². The molecular formula is C17H25N5O. The van der Waals surface area contributed by atoms with Gasteiger partial charge in [-0.25, -0.2) is 15.0 Å². The minimum Gasteiger partial charge on any atom is -0.381 e. The van der Waals surface area contributed by atoms with Crippen molar-refractivity contribution >= 4 is 5.82 Å². The molecule has 0 bridgehead atoms. The Morgan fingerprint density at radius 3 is 3.09 bits per heavy atom. The number of aryl methyl sites for hydroxylation is 3. The van der Waals surface area contributed by atoms with E-state index in [1.165, 1.54) is 0 Å². The van der Waals surface area contributed by atoms with Gasteiger partial charge in [-0.2, -0.15) is 0 Å². The van der Waals surface area contributed by atoms with Gasteiger partial charge in [-0.3, -0.25) is 0 Å². The van der Waals surface area contributed by atoms with Crippen LogP contribution in [-0.2, 0) is 17.7 Å². The second kappa shape index (κ2) is 7.55. The summed E-state index contributed by atoms with van der Waals surface area (Å²) in [6.45, 7) is 7.55. The molecule has 1 saturated heterocycles. The first kappa shape index (κ1) is 15.9. The Kier molecular flexibility index (Phi) is 5.23. The van der Waals surface area contributed by atoms with Gasteiger partial charge in [0, 0.05) is 50.5 Å². The van der Waals surface area contributed by atoms with E-state index in [2.05, 4.69) is 37.8 Å². The standard InChI is InChI=1S/C17H25N5O/c1-3-17-19-7-9-22(17)8-4-6-18-16-11-15(20-13(2)21-16)14-5-10-23-12-14/h7,9,11,14H,3-6,8,10,12H2,1-2H3,(H,18,20,21). The van der Waals surface area contributed by atoms with Gasteiger partial charge >= 0.3 is 0 Å². The average molecular weight is 315 g/mol. The SMILES string of the molecule is CCc1nccn1CCCNc1cc(C2CCOC2)nc(C)n1. The zero-order valence-corrected chi connectivity index (χ0v) is 14.0. The Hall–Kier alpha value is -1.95. The number of ether oxygens (including phenoxy) is 1. The molecule has 1 aliphatic heterocycles. The molecule has 0 aromatic carbocycles. The van der Waals surface area contributed by atoms with Crippen LogP contribution in [0.15, 0.2) is 18.5 Å². The van der Waals surface area contributed by atoms with Gasteiger partial charge in [0.05, 0.1) is 12.3 Å². The molecule has 1 unspecified atom stereocenters. The van der Waals surface area contributed by atoms with Crippen molar-refractivity contribution in [3.63, 3.8) is 0 Å². The molecule has 6 heteroatoms. The highest BCUT2D eigenvalue weighted by Gasteiger charge is 2.20. The van der Waals surface area contributed by atoms with Crippen molar-refractivity contribution in [3.8, 4) is 0 Å². The molecule has 2 aromatic rings. The van der Waals surface area contributed by atoms with E-state index in [1.807, 2.05) is 19.3 Å². The summed E-state index contributed by atoms with van der Waals surface area (Å²) in [5.41, 5.74) is 1.10. The number of rotatable bonds is 7. The molecule has 3 rings (SSSR count). The number of aromatic nitrogens is 4. The molecule has 1 fully saturated rings. The van der Waals surface area contributed by atoms with Gasteiger partial charge in [-0.05, 0) is 19.8 Å². The molecule has 1 atom stereocenters. The highest BCUT2D eigenvalue weighted by Crippen LogP contribution is 2.25. The largest absolute Gasteiger partial charge is 0.381 e. The second-order valence-corrected chi connectivity index (χ2v) is 5.96. The number of imidazole rings is 1. The highest BCUT2D eigenvalue weighted by atomic mass is 16.5. The van der Waals surface area contributed by atoms with Gasteiger partial charge in [-0.1, -0.05) is 6.92 Å². The van der Waals surface area contributed by atoms with Crippen molar-refractivity contribution in [1.82, 2.24) is 19.5 Å². The minimum atomic E-state index is 0.412. The summed E-state index contributed by atoms with van der Waals surface area (Å²) in [6, 6.07) is 2.07. The van der Waals surface area contributed by atoms with Crippen LogP contribution in [0.5, 0.6) is 0 Å². The van der Waals surface area contributed by atoms with E-state index in [9.17, 15) is 0 Å². The Morgan fingerprint density at radius 2 is 2.30 bits per heavy atom. The molecule has 0 radical (unpaired) electrons. The zero-order valence-electron chi connectivity index (χ0n) is 14.0. The van der Waals surface area contributed by atoms with Gasteiger partial charge in [-0.15, -0.1) is 0 Å². The van der Waals surface area contributed by atoms with E-state index in [-0.39, 0.29) is 0 Å². The topological polar surface area (TPSA) is 64.9 Å². The van der Waals surface area contributed by atoms with Crippen molar-refractivity contribution in [2.45, 2.75) is 45.6 Å². The summed E-state index contributed by atoms with van der Waals surface area (Å²) in [6.07, 6.45) is 6.98. The first-order chi connectivity index (χ1) is 11.3. The van der Waals surface area contributed by atoms with E-state index in [0.29, 0.717) is 5.92 Å². The van der Waals surface area contributed by atoms with Crippen LogP contribution in [0.1, 0.15) is 43.0 Å². The molecule has 1 N–H and O–H groups in total. The van der Waals surface area contributed by atoms with E-state index < -0.39 is 0 Å². The summed E-state index contributed by atoms with van der Waals surface area (Å²) in [4.78, 5) is 13.4. The molecule has 0 saturated carbocycles. The predicted molar refractivity (Wildman–Crippen MR) is 89.7 cm³/mol. The van der Waals surface area contributed by atoms with Crippen molar-refractivity contribution in [2.24, 2.45) is 0 Å². The normalized spacial score (nSPS) is 17.6. The predicted octanol–water partition coefficient (Wildman–Crippen LogP) is 2.55. The van der Waals surface area contributed by atoms with E-state index in [0.717, 1.165) is 68.7 Å². The van der Waals surface area contributed by atoms with Crippen molar-refractivity contribution in [2.75, 3.05) is 25.1 Å². The van der Waals surface area contributed by atoms with Crippen LogP contribution < -0.4 is 5.32 Å². The highest BCUT2D eigenvalue weighted by molar-refractivity contribution is 5.37. The van der Waals surface area contributed by atoms with Crippen LogP contribution in [0, 0.1) is 6.92 Å². The van der Waals surface area contributed by atoms with E-state index in [1.54, 1.807) is 0 Å². The Bertz CT molecular complexity index is 634. The molecule has 3 heterocycles. The first-order valence-electron chi connectivity index (χ1n) is 8.43. The smallest absolute Gasteiger partial charge is 0.129 e. The van der Waals surface area contributed by atoms with E-state index in [4.69, 9.17) is 4.74 Å². The summed E-state index contributed by atoms with van der Waals surface area (Å²) < 4.78 is 7.68. The first-order valence-corrected chi connectivity index (χ1v) is 8.43. The van der Waals surface area contributed by atoms with Crippen LogP contribution in [0.25, 0.3) is 0 Å². The van der Waals surface area contributed by atoms with Crippen molar-refractivity contribution < 1.29 is 4.74 Å². The maximum absolute atomic E-state index is 5.46. The summed E-state index contributed by atoms with van der Waals surface area (Å²) in [5.74, 6) is 3.29. The minimum absolute atomic E-state index is 0.412. The summed E-state index contributed by atoms with van der Waals surface area (Å²) >= 11 is 0. The lowest BCUT2D eigenvalue weighted by atomic mass is 10.0. The van der Waals surface area contributed by atoms with Gasteiger partial charge in [0.25, 0.3) is 0 Å². The molecule has 124 valence electrons. The van der Waals surface area contributed by atoms with Crippen molar-refractivity contribution in [1.29, 1.82) is 0 Å². The van der Waals surface area contributed by atoms with Crippen molar-refractivity contribution in [3.05, 3.63) is 35.8 Å². The summed E-state index contributed by atoms with van der Waals surface area (Å²) in [5, 5.41) is 3.42. The molecular weight excluding hydrogens is 290 g/mol. The zero-order chi connectivity index (χ0) is 16.1. The van der Waals surface area contributed by atoms with Crippen LogP contribution in [0.4, 0.5) is 5.82 Å². The monoisotopic (exact) mass is 315 g/mol. The van der Waals surface area contributed by atoms with Crippen LogP contribution in [-0.4, -0.2) is 39.3 Å². The molecule has 0 amide bonds. The van der Waals surface area contributed by atoms with Gasteiger partial charge < -0.3 is 14.6 Å². The molecule has 23 heavy (non-hydrogen) atoms. The fourth-order valence-electron chi connectivity index (χ4n) is 2.98. The molecule has 1 aliphatic rings. The third-order valence-corrected chi connectivity index (χ3v) is 4.21. The number of nitrogens with zero attached hydrogens (tertiary/aromatic N) is 4. The molecule has 2 aromatic heterocycles. The lowest BCUT2D eigenvalue weighted by Crippen LogP contribution is -2.11. The number of anilines is 1. The van der Waals surface area contributed by atoms with Crippen LogP contribution >= 0.6 is 0 Å². The lowest BCUT2D eigenvalue weighted by Gasteiger charge is -2.12. The van der Waals surface area contributed by atoms with Crippen LogP contribution in [0.3, 0.4) is 0 Å². The molecule has 0 aliphatic carbocycles. The maximum Gasteiger partial charge on any atom is 0.129 e. The third kappa shape index (κ3) is 4.07. The summed E-state index contributed by atoms with van der Waals surface area (Å²) in [7, 11) is 0. The van der Waals surface area contributed by atoms with Gasteiger partial charge in [0.2, 0.25) is 0 Å². The fraction of sp³-hybridized carbons (Fsp3) is 0.588. The van der Waals surface area contributed by atoms with Gasteiger partial charge in [0.1, 0.15) is 17.5 Å². The second-order valence-electron chi connectivity index (χ2n) is 5.96. The Balaban J connectivity index is 1.53. The average Bonchev–Trinajstić information content (AvgIpc) is 3.22. The van der Waals surface area contributed by atoms with E-state index >= 15 is 0 Å². The number of hydrogen-bond acceptors (Lipinski definition) is 5. The third-order valence-electron chi connectivity index (χ3n) is 4.21. The Morgan fingerprint density at radius 1 is 1.39 bits per heavy atom. The van der Waals surface area contributed by atoms with Crippen LogP contribution in [0.2, 0.25) is 0 Å². The quantitative estimate of drug-likeness (QED) is 0.796. The number of hydrogen-bond donors (Lipinski definition) is 1. The number of nitrogens with one attached hydrogen (secondary N) is 1. The lowest BCUT2D eigenvalue weighted by molar-refractivity contribution is 0.193. The molecule has 6 nitrogen and oxygen atoms in total. The fourth-order valence-corrected chi connectivity index (χ4v) is 2.98. The molecule has 0 spiro atoms. The maximum atomic E-state index is 5.46.